The number of aromatic nitrogens is 5. The molecule has 0 saturated carbocycles. The summed E-state index contributed by atoms with van der Waals surface area (Å²) in [6, 6.07) is 23.1. The van der Waals surface area contributed by atoms with Gasteiger partial charge in [-0.15, -0.1) is 0 Å². The Kier molecular flexibility index (Phi) is 6.49. The first kappa shape index (κ1) is 23.7. The zero-order chi connectivity index (χ0) is 25.9. The Hall–Kier alpha value is -4.63. The highest BCUT2D eigenvalue weighted by Crippen LogP contribution is 2.29. The Morgan fingerprint density at radius 1 is 1.00 bits per heavy atom. The van der Waals surface area contributed by atoms with Crippen LogP contribution in [-0.4, -0.2) is 56.1 Å². The van der Waals surface area contributed by atoms with Gasteiger partial charge in [-0.05, 0) is 42.8 Å². The average molecular weight is 506 g/mol. The molecule has 2 aromatic carbocycles. The molecule has 3 aromatic heterocycles. The maximum absolute atomic E-state index is 12.6. The van der Waals surface area contributed by atoms with E-state index in [0.29, 0.717) is 28.9 Å². The van der Waals surface area contributed by atoms with Crippen LogP contribution in [0.3, 0.4) is 0 Å². The van der Waals surface area contributed by atoms with Crippen molar-refractivity contribution in [3.8, 4) is 17.2 Å². The molecule has 1 fully saturated rings. The van der Waals surface area contributed by atoms with Crippen LogP contribution in [0.1, 0.15) is 22.8 Å². The Labute approximate surface area is 220 Å². The molecule has 9 heteroatoms. The number of carbonyl (C=O) groups excluding carboxylic acids is 1. The Morgan fingerprint density at radius 2 is 1.84 bits per heavy atom. The standard InChI is InChI=1S/C29H27N7O2/c1-20-17-30-15-16-35(20)26-12-11-24-28(34-26)36(25-13-14-31-19-32-25)27(33-24)22-7-9-23(10-8-22)29(37)38-18-21-5-3-2-4-6-21/h2-14,19-20,30H,15-18H2,1H3/t20-/m1/s1. The van der Waals surface area contributed by atoms with Gasteiger partial charge in [-0.25, -0.2) is 24.7 Å². The van der Waals surface area contributed by atoms with Gasteiger partial charge in [-0.2, -0.15) is 0 Å². The number of fused-ring (bicyclic) bond motifs is 1. The lowest BCUT2D eigenvalue weighted by atomic mass is 10.1. The molecule has 1 saturated heterocycles. The maximum atomic E-state index is 12.6. The first-order valence-corrected chi connectivity index (χ1v) is 12.6. The third-order valence-electron chi connectivity index (χ3n) is 6.67. The molecule has 0 radical (unpaired) electrons. The number of nitrogens with one attached hydrogen (secondary N) is 1. The van der Waals surface area contributed by atoms with Crippen LogP contribution in [0.4, 0.5) is 5.82 Å². The van der Waals surface area contributed by atoms with E-state index in [1.165, 1.54) is 6.33 Å². The van der Waals surface area contributed by atoms with Crippen molar-refractivity contribution in [2.45, 2.75) is 19.6 Å². The van der Waals surface area contributed by atoms with E-state index in [9.17, 15) is 4.79 Å². The van der Waals surface area contributed by atoms with Crippen molar-refractivity contribution in [1.29, 1.82) is 0 Å². The summed E-state index contributed by atoms with van der Waals surface area (Å²) >= 11 is 0. The molecular formula is C29H27N7O2. The summed E-state index contributed by atoms with van der Waals surface area (Å²) < 4.78 is 7.42. The summed E-state index contributed by atoms with van der Waals surface area (Å²) in [4.78, 5) is 33.4. The molecule has 6 rings (SSSR count). The van der Waals surface area contributed by atoms with E-state index in [1.807, 2.05) is 65.2 Å². The number of esters is 1. The van der Waals surface area contributed by atoms with Crippen LogP contribution in [-0.2, 0) is 11.3 Å². The Morgan fingerprint density at radius 3 is 2.61 bits per heavy atom. The molecular weight excluding hydrogens is 478 g/mol. The van der Waals surface area contributed by atoms with Crippen LogP contribution >= 0.6 is 0 Å². The average Bonchev–Trinajstić information content (AvgIpc) is 3.36. The van der Waals surface area contributed by atoms with Gasteiger partial charge in [0.15, 0.2) is 5.65 Å². The number of imidazole rings is 1. The molecule has 1 aliphatic heterocycles. The minimum absolute atomic E-state index is 0.227. The first-order chi connectivity index (χ1) is 18.7. The molecule has 0 amide bonds. The lowest BCUT2D eigenvalue weighted by Crippen LogP contribution is -2.50. The largest absolute Gasteiger partial charge is 0.457 e. The number of hydrogen-bond donors (Lipinski definition) is 1. The van der Waals surface area contributed by atoms with E-state index in [-0.39, 0.29) is 12.6 Å². The lowest BCUT2D eigenvalue weighted by molar-refractivity contribution is 0.0472. The second-order valence-electron chi connectivity index (χ2n) is 9.24. The minimum Gasteiger partial charge on any atom is -0.457 e. The molecule has 9 nitrogen and oxygen atoms in total. The molecule has 0 spiro atoms. The molecule has 5 aromatic rings. The number of pyridine rings is 1. The van der Waals surface area contributed by atoms with Crippen LogP contribution in [0.15, 0.2) is 85.3 Å². The first-order valence-electron chi connectivity index (χ1n) is 12.6. The predicted molar refractivity (Wildman–Crippen MR) is 145 cm³/mol. The lowest BCUT2D eigenvalue weighted by Gasteiger charge is -2.34. The zero-order valence-corrected chi connectivity index (χ0v) is 21.0. The van der Waals surface area contributed by atoms with Crippen molar-refractivity contribution < 1.29 is 9.53 Å². The topological polar surface area (TPSA) is 98.1 Å². The van der Waals surface area contributed by atoms with Crippen LogP contribution in [0, 0.1) is 0 Å². The zero-order valence-electron chi connectivity index (χ0n) is 21.0. The summed E-state index contributed by atoms with van der Waals surface area (Å²) in [5.41, 5.74) is 3.73. The quantitative estimate of drug-likeness (QED) is 0.346. The SMILES string of the molecule is C[C@@H]1CNCCN1c1ccc2nc(-c3ccc(C(=O)OCc4ccccc4)cc3)n(-c3ccncn3)c2n1. The third kappa shape index (κ3) is 4.71. The second-order valence-corrected chi connectivity index (χ2v) is 9.24. The highest BCUT2D eigenvalue weighted by Gasteiger charge is 2.22. The number of anilines is 1. The van der Waals surface area contributed by atoms with Crippen molar-refractivity contribution in [3.05, 3.63) is 96.4 Å². The van der Waals surface area contributed by atoms with Gasteiger partial charge < -0.3 is 15.0 Å². The van der Waals surface area contributed by atoms with Crippen molar-refractivity contribution in [2.75, 3.05) is 24.5 Å². The van der Waals surface area contributed by atoms with E-state index in [2.05, 4.69) is 27.1 Å². The van der Waals surface area contributed by atoms with Gasteiger partial charge in [-0.3, -0.25) is 4.57 Å². The van der Waals surface area contributed by atoms with Gasteiger partial charge in [0.25, 0.3) is 0 Å². The van der Waals surface area contributed by atoms with E-state index in [4.69, 9.17) is 14.7 Å². The molecule has 0 bridgehead atoms. The van der Waals surface area contributed by atoms with Crippen molar-refractivity contribution >= 4 is 23.0 Å². The molecule has 0 aliphatic carbocycles. The summed E-state index contributed by atoms with van der Waals surface area (Å²) in [7, 11) is 0. The van der Waals surface area contributed by atoms with Gasteiger partial charge in [0.05, 0.1) is 5.56 Å². The van der Waals surface area contributed by atoms with Crippen molar-refractivity contribution in [2.24, 2.45) is 0 Å². The van der Waals surface area contributed by atoms with Gasteiger partial charge in [0.2, 0.25) is 0 Å². The fourth-order valence-corrected chi connectivity index (χ4v) is 4.68. The summed E-state index contributed by atoms with van der Waals surface area (Å²) in [6.07, 6.45) is 3.21. The molecule has 4 heterocycles. The highest BCUT2D eigenvalue weighted by atomic mass is 16.5. The molecule has 38 heavy (non-hydrogen) atoms. The number of benzene rings is 2. The van der Waals surface area contributed by atoms with Crippen molar-refractivity contribution in [3.63, 3.8) is 0 Å². The number of piperazine rings is 1. The van der Waals surface area contributed by atoms with Gasteiger partial charge in [0.1, 0.15) is 35.9 Å². The highest BCUT2D eigenvalue weighted by molar-refractivity contribution is 5.90. The fourth-order valence-electron chi connectivity index (χ4n) is 4.68. The fraction of sp³-hybridized carbons (Fsp3) is 0.207. The van der Waals surface area contributed by atoms with Crippen LogP contribution in [0.25, 0.3) is 28.4 Å². The predicted octanol–water partition coefficient (Wildman–Crippen LogP) is 4.03. The van der Waals surface area contributed by atoms with Crippen molar-refractivity contribution in [1.82, 2.24) is 29.8 Å². The van der Waals surface area contributed by atoms with Gasteiger partial charge >= 0.3 is 5.97 Å². The molecule has 0 unspecified atom stereocenters. The molecule has 1 N–H and O–H groups in total. The van der Waals surface area contributed by atoms with E-state index < -0.39 is 0 Å². The number of hydrogen-bond acceptors (Lipinski definition) is 8. The maximum Gasteiger partial charge on any atom is 0.338 e. The Balaban J connectivity index is 1.34. The van der Waals surface area contributed by atoms with Crippen LogP contribution < -0.4 is 10.2 Å². The second kappa shape index (κ2) is 10.4. The van der Waals surface area contributed by atoms with E-state index in [0.717, 1.165) is 42.1 Å². The van der Waals surface area contributed by atoms with Crippen LogP contribution in [0.2, 0.25) is 0 Å². The van der Waals surface area contributed by atoms with Crippen LogP contribution in [0.5, 0.6) is 0 Å². The summed E-state index contributed by atoms with van der Waals surface area (Å²) in [5, 5.41) is 3.43. The molecule has 190 valence electrons. The molecule has 1 aliphatic rings. The number of rotatable bonds is 6. The molecule has 1 atom stereocenters. The Bertz CT molecular complexity index is 1550. The van der Waals surface area contributed by atoms with E-state index >= 15 is 0 Å². The number of carbonyl (C=O) groups is 1. The monoisotopic (exact) mass is 505 g/mol. The summed E-state index contributed by atoms with van der Waals surface area (Å²) in [5.74, 6) is 1.88. The summed E-state index contributed by atoms with van der Waals surface area (Å²) in [6.45, 7) is 5.13. The minimum atomic E-state index is -0.374. The number of nitrogens with zero attached hydrogens (tertiary/aromatic N) is 6. The normalized spacial score (nSPS) is 15.5. The van der Waals surface area contributed by atoms with Gasteiger partial charge in [-0.1, -0.05) is 42.5 Å². The van der Waals surface area contributed by atoms with Gasteiger partial charge in [0, 0.05) is 37.4 Å². The smallest absolute Gasteiger partial charge is 0.338 e. The van der Waals surface area contributed by atoms with E-state index in [1.54, 1.807) is 18.3 Å². The number of ether oxygens (including phenoxy) is 1. The third-order valence-corrected chi connectivity index (χ3v) is 6.67.